The second kappa shape index (κ2) is 8.06. The van der Waals surface area contributed by atoms with Crippen LogP contribution in [-0.4, -0.2) is 61.0 Å². The van der Waals surface area contributed by atoms with Crippen molar-refractivity contribution in [2.75, 3.05) is 44.3 Å². The molecule has 0 aliphatic carbocycles. The molecular formula is C23H25FN4O3. The van der Waals surface area contributed by atoms with Crippen LogP contribution in [0.2, 0.25) is 0 Å². The number of nitriles is 1. The number of likely N-dealkylation sites (tertiary alicyclic amines) is 1. The average Bonchev–Trinajstić information content (AvgIpc) is 3.26. The van der Waals surface area contributed by atoms with Gasteiger partial charge in [0.25, 0.3) is 0 Å². The van der Waals surface area contributed by atoms with Crippen molar-refractivity contribution in [2.24, 2.45) is 5.92 Å². The van der Waals surface area contributed by atoms with Gasteiger partial charge in [0, 0.05) is 56.5 Å². The maximum absolute atomic E-state index is 13.9. The van der Waals surface area contributed by atoms with Crippen LogP contribution in [0, 0.1) is 23.1 Å². The van der Waals surface area contributed by atoms with Crippen molar-refractivity contribution >= 4 is 22.5 Å². The quantitative estimate of drug-likeness (QED) is 0.738. The van der Waals surface area contributed by atoms with Crippen LogP contribution in [-0.2, 0) is 14.3 Å². The Morgan fingerprint density at radius 3 is 2.55 bits per heavy atom. The number of anilines is 1. The Kier molecular flexibility index (Phi) is 5.24. The molecule has 7 nitrogen and oxygen atoms in total. The third-order valence-corrected chi connectivity index (χ3v) is 6.73. The van der Waals surface area contributed by atoms with Crippen LogP contribution in [0.1, 0.15) is 31.2 Å². The van der Waals surface area contributed by atoms with E-state index in [4.69, 9.17) is 9.47 Å². The second-order valence-electron chi connectivity index (χ2n) is 8.49. The van der Waals surface area contributed by atoms with Crippen LogP contribution in [0.15, 0.2) is 24.4 Å². The molecule has 0 radical (unpaired) electrons. The maximum Gasteiger partial charge on any atom is 0.225 e. The Morgan fingerprint density at radius 2 is 1.87 bits per heavy atom. The first-order chi connectivity index (χ1) is 15.1. The molecule has 3 saturated heterocycles. The van der Waals surface area contributed by atoms with E-state index in [1.54, 1.807) is 12.3 Å². The fourth-order valence-electron chi connectivity index (χ4n) is 5.04. The average molecular weight is 424 g/mol. The number of nitrogens with zero attached hydrogens (tertiary/aromatic N) is 4. The van der Waals surface area contributed by atoms with E-state index in [0.717, 1.165) is 12.8 Å². The molecule has 1 spiro atoms. The molecule has 1 aromatic carbocycles. The van der Waals surface area contributed by atoms with E-state index in [-0.39, 0.29) is 17.6 Å². The van der Waals surface area contributed by atoms with Gasteiger partial charge in [-0.05, 0) is 31.0 Å². The third-order valence-electron chi connectivity index (χ3n) is 6.73. The lowest BCUT2D eigenvalue weighted by atomic mass is 9.92. The summed E-state index contributed by atoms with van der Waals surface area (Å²) in [5.74, 6) is -0.676. The van der Waals surface area contributed by atoms with Crippen LogP contribution in [0.5, 0.6) is 0 Å². The lowest BCUT2D eigenvalue weighted by Crippen LogP contribution is -2.50. The van der Waals surface area contributed by atoms with Gasteiger partial charge in [0.2, 0.25) is 5.91 Å². The van der Waals surface area contributed by atoms with E-state index in [2.05, 4.69) is 16.0 Å². The molecule has 8 heteroatoms. The van der Waals surface area contributed by atoms with E-state index < -0.39 is 5.79 Å². The zero-order valence-corrected chi connectivity index (χ0v) is 17.3. The summed E-state index contributed by atoms with van der Waals surface area (Å²) in [5.41, 5.74) is 1.81. The van der Waals surface area contributed by atoms with Crippen LogP contribution in [0.3, 0.4) is 0 Å². The minimum atomic E-state index is -0.481. The van der Waals surface area contributed by atoms with Crippen LogP contribution in [0.25, 0.3) is 10.9 Å². The minimum Gasteiger partial charge on any atom is -0.370 e. The highest BCUT2D eigenvalue weighted by atomic mass is 19.1. The number of ether oxygens (including phenoxy) is 2. The molecule has 5 rings (SSSR count). The smallest absolute Gasteiger partial charge is 0.225 e. The number of piperidine rings is 2. The topological polar surface area (TPSA) is 78.7 Å². The summed E-state index contributed by atoms with van der Waals surface area (Å²) in [5, 5.41) is 10.2. The summed E-state index contributed by atoms with van der Waals surface area (Å²) in [6.07, 6.45) is 4.40. The van der Waals surface area contributed by atoms with Gasteiger partial charge in [0.1, 0.15) is 11.9 Å². The standard InChI is InChI=1S/C23H25FN4O3/c24-18-1-2-20-19(13-18)21(17(14-25)15-26-20)27-7-3-16(4-8-27)22(29)28-9-5-23(6-10-28)30-11-12-31-23/h1-2,13,15-16H,3-12H2. The first-order valence-electron chi connectivity index (χ1n) is 10.9. The number of pyridine rings is 1. The van der Waals surface area contributed by atoms with Crippen LogP contribution >= 0.6 is 0 Å². The minimum absolute atomic E-state index is 0.0360. The molecule has 4 heterocycles. The van der Waals surface area contributed by atoms with E-state index in [9.17, 15) is 14.4 Å². The number of rotatable bonds is 2. The Labute approximate surface area is 180 Å². The lowest BCUT2D eigenvalue weighted by molar-refractivity contribution is -0.188. The second-order valence-corrected chi connectivity index (χ2v) is 8.49. The number of hydrogen-bond acceptors (Lipinski definition) is 6. The molecule has 0 N–H and O–H groups in total. The highest BCUT2D eigenvalue weighted by Gasteiger charge is 2.42. The highest BCUT2D eigenvalue weighted by molar-refractivity contribution is 5.94. The molecule has 1 aromatic heterocycles. The zero-order valence-electron chi connectivity index (χ0n) is 17.3. The molecule has 2 aromatic rings. The molecule has 3 aliphatic rings. The molecule has 0 unspecified atom stereocenters. The van der Waals surface area contributed by atoms with Crippen molar-refractivity contribution < 1.29 is 18.7 Å². The first kappa shape index (κ1) is 20.2. The molecule has 162 valence electrons. The lowest BCUT2D eigenvalue weighted by Gasteiger charge is -2.40. The van der Waals surface area contributed by atoms with Gasteiger partial charge < -0.3 is 19.3 Å². The van der Waals surface area contributed by atoms with Gasteiger partial charge in [-0.15, -0.1) is 0 Å². The number of carbonyl (C=O) groups is 1. The summed E-state index contributed by atoms with van der Waals surface area (Å²) in [6, 6.07) is 6.63. The largest absolute Gasteiger partial charge is 0.370 e. The summed E-state index contributed by atoms with van der Waals surface area (Å²) >= 11 is 0. The molecule has 3 fully saturated rings. The summed E-state index contributed by atoms with van der Waals surface area (Å²) in [7, 11) is 0. The summed E-state index contributed by atoms with van der Waals surface area (Å²) in [4.78, 5) is 21.4. The maximum atomic E-state index is 13.9. The number of halogens is 1. The van der Waals surface area contributed by atoms with Crippen LogP contribution < -0.4 is 4.90 Å². The number of carbonyl (C=O) groups excluding carboxylic acids is 1. The van der Waals surface area contributed by atoms with Crippen molar-refractivity contribution in [3.63, 3.8) is 0 Å². The normalized spacial score (nSPS) is 21.5. The fourth-order valence-corrected chi connectivity index (χ4v) is 5.04. The monoisotopic (exact) mass is 424 g/mol. The molecule has 0 atom stereocenters. The van der Waals surface area contributed by atoms with Crippen LogP contribution in [0.4, 0.5) is 10.1 Å². The summed E-state index contributed by atoms with van der Waals surface area (Å²) < 4.78 is 25.4. The third kappa shape index (κ3) is 3.73. The van der Waals surface area contributed by atoms with E-state index in [1.807, 2.05) is 4.90 Å². The SMILES string of the molecule is N#Cc1cnc2ccc(F)cc2c1N1CCC(C(=O)N2CCC3(CC2)OCCO3)CC1. The van der Waals surface area contributed by atoms with Gasteiger partial charge in [0.15, 0.2) is 5.79 Å². The molecule has 1 amide bonds. The molecule has 0 bridgehead atoms. The van der Waals surface area contributed by atoms with Crippen molar-refractivity contribution in [3.8, 4) is 6.07 Å². The Balaban J connectivity index is 1.27. The van der Waals surface area contributed by atoms with Crippen molar-refractivity contribution in [1.29, 1.82) is 5.26 Å². The Bertz CT molecular complexity index is 1030. The van der Waals surface area contributed by atoms with E-state index >= 15 is 0 Å². The van der Waals surface area contributed by atoms with Gasteiger partial charge in [-0.1, -0.05) is 0 Å². The number of benzene rings is 1. The van der Waals surface area contributed by atoms with Gasteiger partial charge in [-0.3, -0.25) is 9.78 Å². The number of amides is 1. The van der Waals surface area contributed by atoms with Crippen molar-refractivity contribution in [1.82, 2.24) is 9.88 Å². The Morgan fingerprint density at radius 1 is 1.16 bits per heavy atom. The summed E-state index contributed by atoms with van der Waals surface area (Å²) in [6.45, 7) is 3.86. The van der Waals surface area contributed by atoms with Gasteiger partial charge in [0.05, 0.1) is 30.0 Å². The number of hydrogen-bond donors (Lipinski definition) is 0. The zero-order chi connectivity index (χ0) is 21.4. The van der Waals surface area contributed by atoms with Crippen molar-refractivity contribution in [3.05, 3.63) is 35.8 Å². The van der Waals surface area contributed by atoms with Gasteiger partial charge in [-0.2, -0.15) is 5.26 Å². The molecule has 3 aliphatic heterocycles. The van der Waals surface area contributed by atoms with Gasteiger partial charge >= 0.3 is 0 Å². The van der Waals surface area contributed by atoms with E-state index in [1.165, 1.54) is 12.1 Å². The fraction of sp³-hybridized carbons (Fsp3) is 0.522. The first-order valence-corrected chi connectivity index (χ1v) is 10.9. The number of aromatic nitrogens is 1. The number of fused-ring (bicyclic) bond motifs is 1. The molecular weight excluding hydrogens is 399 g/mol. The predicted octanol–water partition coefficient (Wildman–Crippen LogP) is 2.83. The van der Waals surface area contributed by atoms with Gasteiger partial charge in [-0.25, -0.2) is 4.39 Å². The predicted molar refractivity (Wildman–Crippen MR) is 112 cm³/mol. The highest BCUT2D eigenvalue weighted by Crippen LogP contribution is 2.35. The van der Waals surface area contributed by atoms with Crippen molar-refractivity contribution in [2.45, 2.75) is 31.5 Å². The molecule has 31 heavy (non-hydrogen) atoms. The molecule has 0 saturated carbocycles. The Hall–Kier alpha value is -2.76. The van der Waals surface area contributed by atoms with E-state index in [0.29, 0.717) is 74.4 Å².